The smallest absolute Gasteiger partial charge is 0.413 e. The van der Waals surface area contributed by atoms with Crippen LogP contribution in [0.5, 0.6) is 6.08 Å². The molecule has 0 atom stereocenters. The van der Waals surface area contributed by atoms with E-state index in [-0.39, 0.29) is 10.9 Å². The average molecular weight is 208 g/mol. The zero-order valence-electron chi connectivity index (χ0n) is 7.27. The largest absolute Gasteiger partial charge is 0.444 e. The Morgan fingerprint density at radius 2 is 2.14 bits per heavy atom. The molecule has 14 heavy (non-hydrogen) atoms. The minimum absolute atomic E-state index is 0.166. The van der Waals surface area contributed by atoms with Crippen molar-refractivity contribution in [3.63, 3.8) is 0 Å². The van der Waals surface area contributed by atoms with Crippen molar-refractivity contribution >= 4 is 12.2 Å². The second-order valence-corrected chi connectivity index (χ2v) is 3.02. The highest BCUT2D eigenvalue weighted by atomic mass is 32.1. The van der Waals surface area contributed by atoms with Crippen LogP contribution in [0.3, 0.4) is 0 Å². The monoisotopic (exact) mass is 208 g/mol. The molecule has 2 rings (SSSR count). The Kier molecular flexibility index (Phi) is 2.60. The number of nitrogens with one attached hydrogen (secondary N) is 1. The SMILES string of the molecule is S=c1[nH]nc(OCc2ccccc2)o1. The van der Waals surface area contributed by atoms with E-state index in [9.17, 15) is 0 Å². The van der Waals surface area contributed by atoms with Crippen molar-refractivity contribution in [3.8, 4) is 6.08 Å². The second kappa shape index (κ2) is 4.06. The third-order valence-electron chi connectivity index (χ3n) is 1.62. The summed E-state index contributed by atoms with van der Waals surface area (Å²) in [4.78, 5) is 0.216. The lowest BCUT2D eigenvalue weighted by Crippen LogP contribution is -1.94. The summed E-state index contributed by atoms with van der Waals surface area (Å²) >= 11 is 4.70. The van der Waals surface area contributed by atoms with Crippen LogP contribution < -0.4 is 4.74 Å². The fourth-order valence-corrected chi connectivity index (χ4v) is 1.11. The van der Waals surface area contributed by atoms with Crippen LogP contribution in [0.1, 0.15) is 5.56 Å². The van der Waals surface area contributed by atoms with Crippen LogP contribution in [0.25, 0.3) is 0 Å². The number of aromatic nitrogens is 2. The first-order valence-electron chi connectivity index (χ1n) is 4.07. The average Bonchev–Trinajstić information content (AvgIpc) is 2.63. The second-order valence-electron chi connectivity index (χ2n) is 2.65. The van der Waals surface area contributed by atoms with Gasteiger partial charge in [-0.15, -0.1) is 0 Å². The van der Waals surface area contributed by atoms with Gasteiger partial charge in [-0.2, -0.15) is 0 Å². The molecule has 0 saturated heterocycles. The van der Waals surface area contributed by atoms with E-state index in [1.54, 1.807) is 0 Å². The first-order chi connectivity index (χ1) is 6.84. The van der Waals surface area contributed by atoms with Crippen molar-refractivity contribution in [1.82, 2.24) is 10.2 Å². The Morgan fingerprint density at radius 1 is 1.36 bits per heavy atom. The number of hydrogen-bond acceptors (Lipinski definition) is 4. The summed E-state index contributed by atoms with van der Waals surface area (Å²) in [7, 11) is 0. The highest BCUT2D eigenvalue weighted by molar-refractivity contribution is 7.71. The van der Waals surface area contributed by atoms with E-state index in [0.29, 0.717) is 6.61 Å². The highest BCUT2D eigenvalue weighted by Gasteiger charge is 1.99. The van der Waals surface area contributed by atoms with Crippen LogP contribution >= 0.6 is 12.2 Å². The van der Waals surface area contributed by atoms with Gasteiger partial charge in [0.25, 0.3) is 4.84 Å². The van der Waals surface area contributed by atoms with Gasteiger partial charge in [0.05, 0.1) is 0 Å². The van der Waals surface area contributed by atoms with Gasteiger partial charge in [0.2, 0.25) is 0 Å². The molecule has 5 heteroatoms. The van der Waals surface area contributed by atoms with Gasteiger partial charge in [-0.1, -0.05) is 35.4 Å². The van der Waals surface area contributed by atoms with E-state index in [0.717, 1.165) is 5.56 Å². The Hall–Kier alpha value is -1.62. The molecule has 0 bridgehead atoms. The fourth-order valence-electron chi connectivity index (χ4n) is 0.997. The molecule has 4 nitrogen and oxygen atoms in total. The number of aromatic amines is 1. The molecule has 0 aliphatic heterocycles. The topological polar surface area (TPSA) is 51.0 Å². The molecule has 0 amide bonds. The molecule has 0 radical (unpaired) electrons. The maximum atomic E-state index is 5.24. The fraction of sp³-hybridized carbons (Fsp3) is 0.111. The summed E-state index contributed by atoms with van der Waals surface area (Å²) in [6, 6.07) is 9.75. The van der Waals surface area contributed by atoms with Crippen molar-refractivity contribution in [2.45, 2.75) is 6.61 Å². The van der Waals surface area contributed by atoms with Gasteiger partial charge < -0.3 is 9.15 Å². The van der Waals surface area contributed by atoms with Crippen molar-refractivity contribution in [3.05, 3.63) is 40.7 Å². The third kappa shape index (κ3) is 2.20. The van der Waals surface area contributed by atoms with E-state index in [2.05, 4.69) is 10.2 Å². The molecule has 0 fully saturated rings. The van der Waals surface area contributed by atoms with Crippen LogP contribution in [0.2, 0.25) is 0 Å². The maximum Gasteiger partial charge on any atom is 0.413 e. The number of ether oxygens (including phenoxy) is 1. The third-order valence-corrected chi connectivity index (χ3v) is 1.80. The Bertz CT molecular complexity index is 449. The highest BCUT2D eigenvalue weighted by Crippen LogP contribution is 2.08. The van der Waals surface area contributed by atoms with E-state index in [1.807, 2.05) is 30.3 Å². The predicted molar refractivity (Wildman–Crippen MR) is 52.5 cm³/mol. The molecule has 0 unspecified atom stereocenters. The van der Waals surface area contributed by atoms with Gasteiger partial charge in [-0.05, 0) is 17.8 Å². The Morgan fingerprint density at radius 3 is 2.79 bits per heavy atom. The summed E-state index contributed by atoms with van der Waals surface area (Å²) in [5, 5.41) is 6.19. The van der Waals surface area contributed by atoms with Gasteiger partial charge in [-0.3, -0.25) is 0 Å². The lowest BCUT2D eigenvalue weighted by atomic mass is 10.2. The van der Waals surface area contributed by atoms with Gasteiger partial charge in [0.15, 0.2) is 0 Å². The number of hydrogen-bond donors (Lipinski definition) is 1. The minimum atomic E-state index is 0.166. The van der Waals surface area contributed by atoms with Crippen molar-refractivity contribution in [1.29, 1.82) is 0 Å². The van der Waals surface area contributed by atoms with Crippen molar-refractivity contribution < 1.29 is 9.15 Å². The number of H-pyrrole nitrogens is 1. The van der Waals surface area contributed by atoms with E-state index < -0.39 is 0 Å². The first kappa shape index (κ1) is 8.96. The molecule has 0 aliphatic carbocycles. The summed E-state index contributed by atoms with van der Waals surface area (Å²) < 4.78 is 10.2. The molecule has 2 aromatic rings. The predicted octanol–water partition coefficient (Wildman–Crippen LogP) is 2.31. The zero-order valence-corrected chi connectivity index (χ0v) is 8.08. The molecular weight excluding hydrogens is 200 g/mol. The lowest BCUT2D eigenvalue weighted by Gasteiger charge is -1.99. The molecule has 0 aliphatic rings. The van der Waals surface area contributed by atoms with Gasteiger partial charge >= 0.3 is 6.08 Å². The molecule has 0 spiro atoms. The van der Waals surface area contributed by atoms with Gasteiger partial charge in [0, 0.05) is 0 Å². The number of rotatable bonds is 3. The van der Waals surface area contributed by atoms with Crippen LogP contribution in [-0.4, -0.2) is 10.2 Å². The van der Waals surface area contributed by atoms with Gasteiger partial charge in [-0.25, -0.2) is 5.10 Å². The summed E-state index contributed by atoms with van der Waals surface area (Å²) in [5.74, 6) is 0. The normalized spacial score (nSPS) is 10.0. The van der Waals surface area contributed by atoms with Crippen LogP contribution in [-0.2, 0) is 6.61 Å². The first-order valence-corrected chi connectivity index (χ1v) is 4.47. The molecule has 0 saturated carbocycles. The van der Waals surface area contributed by atoms with Crippen LogP contribution in [0, 0.1) is 4.84 Å². The summed E-state index contributed by atoms with van der Waals surface area (Å²) in [5.41, 5.74) is 1.05. The number of nitrogens with zero attached hydrogens (tertiary/aromatic N) is 1. The van der Waals surface area contributed by atoms with Gasteiger partial charge in [0.1, 0.15) is 6.61 Å². The van der Waals surface area contributed by atoms with Crippen LogP contribution in [0.15, 0.2) is 34.7 Å². The summed E-state index contributed by atoms with van der Waals surface area (Å²) in [6.45, 7) is 0.421. The Balaban J connectivity index is 1.98. The van der Waals surface area contributed by atoms with Crippen LogP contribution in [0.4, 0.5) is 0 Å². The molecule has 1 aromatic heterocycles. The quantitative estimate of drug-likeness (QED) is 0.786. The van der Waals surface area contributed by atoms with Crippen molar-refractivity contribution in [2.75, 3.05) is 0 Å². The molecule has 1 N–H and O–H groups in total. The van der Waals surface area contributed by atoms with Crippen molar-refractivity contribution in [2.24, 2.45) is 0 Å². The lowest BCUT2D eigenvalue weighted by molar-refractivity contribution is 0.218. The van der Waals surface area contributed by atoms with E-state index >= 15 is 0 Å². The minimum Gasteiger partial charge on any atom is -0.444 e. The molecule has 1 heterocycles. The standard InChI is InChI=1S/C9H8N2O2S/c14-9-11-10-8(13-9)12-6-7-4-2-1-3-5-7/h1-5H,6H2,(H,11,14). The maximum absolute atomic E-state index is 5.24. The molecular formula is C9H8N2O2S. The van der Waals surface area contributed by atoms with E-state index in [1.165, 1.54) is 0 Å². The zero-order chi connectivity index (χ0) is 9.80. The van der Waals surface area contributed by atoms with E-state index in [4.69, 9.17) is 21.4 Å². The summed E-state index contributed by atoms with van der Waals surface area (Å²) in [6.07, 6.45) is 0.166. The number of benzene rings is 1. The molecule has 72 valence electrons. The Labute approximate surface area is 85.5 Å². The molecule has 1 aromatic carbocycles.